The lowest BCUT2D eigenvalue weighted by molar-refractivity contribution is -0.142. The summed E-state index contributed by atoms with van der Waals surface area (Å²) in [6.45, 7) is 1.62. The van der Waals surface area contributed by atoms with Gasteiger partial charge in [0.05, 0.1) is 6.04 Å². The van der Waals surface area contributed by atoms with Crippen LogP contribution in [0.15, 0.2) is 35.3 Å². The van der Waals surface area contributed by atoms with Gasteiger partial charge in [0.2, 0.25) is 23.6 Å². The molecule has 0 aliphatic carbocycles. The number of aliphatic imine (C=N–C) groups is 1. The van der Waals surface area contributed by atoms with Gasteiger partial charge in [-0.15, -0.1) is 0 Å². The number of nitrogens with two attached hydrogens (primary N) is 4. The number of primary amides is 1. The fourth-order valence-electron chi connectivity index (χ4n) is 3.22. The summed E-state index contributed by atoms with van der Waals surface area (Å²) in [6, 6.07) is 4.34. The Hall–Kier alpha value is -4.20. The van der Waals surface area contributed by atoms with Crippen LogP contribution in [0.3, 0.4) is 0 Å². The smallest absolute Gasteiger partial charge is 0.326 e. The minimum atomic E-state index is -1.41. The Morgan fingerprint density at radius 2 is 1.43 bits per heavy atom. The molecule has 0 aliphatic heterocycles. The van der Waals surface area contributed by atoms with Crippen LogP contribution in [-0.2, 0) is 30.4 Å². The van der Waals surface area contributed by atoms with Crippen LogP contribution in [0.1, 0.15) is 38.2 Å². The summed E-state index contributed by atoms with van der Waals surface area (Å²) in [5, 5.41) is 16.9. The van der Waals surface area contributed by atoms with E-state index in [-0.39, 0.29) is 44.6 Å². The molecule has 0 bridgehead atoms. The van der Waals surface area contributed by atoms with Crippen LogP contribution in [0.25, 0.3) is 0 Å². The first-order chi connectivity index (χ1) is 17.4. The summed E-state index contributed by atoms with van der Waals surface area (Å²) in [6.07, 6.45) is -0.0577. The molecule has 37 heavy (non-hydrogen) atoms. The molecule has 0 radical (unpaired) electrons. The molecule has 4 amide bonds. The van der Waals surface area contributed by atoms with Gasteiger partial charge in [-0.25, -0.2) is 4.79 Å². The lowest BCUT2D eigenvalue weighted by Crippen LogP contribution is -2.57. The molecule has 4 atom stereocenters. The van der Waals surface area contributed by atoms with Crippen LogP contribution in [-0.4, -0.2) is 71.4 Å². The van der Waals surface area contributed by atoms with Crippen LogP contribution in [0.4, 0.5) is 0 Å². The molecule has 0 aliphatic rings. The van der Waals surface area contributed by atoms with Crippen molar-refractivity contribution in [3.05, 3.63) is 35.9 Å². The van der Waals surface area contributed by atoms with Crippen LogP contribution in [0, 0.1) is 0 Å². The molecule has 0 aromatic heterocycles. The number of carboxylic acid groups (broad SMARTS) is 1. The Kier molecular flexibility index (Phi) is 13.1. The molecule has 1 rings (SSSR count). The van der Waals surface area contributed by atoms with Gasteiger partial charge in [0.1, 0.15) is 18.1 Å². The number of hydrogen-bond acceptors (Lipinski definition) is 7. The summed E-state index contributed by atoms with van der Waals surface area (Å²) in [7, 11) is 0. The number of carbonyl (C=O) groups is 5. The highest BCUT2D eigenvalue weighted by Crippen LogP contribution is 2.07. The average Bonchev–Trinajstić information content (AvgIpc) is 2.82. The summed E-state index contributed by atoms with van der Waals surface area (Å²) >= 11 is 0. The topological polar surface area (TPSA) is 258 Å². The van der Waals surface area contributed by atoms with E-state index in [1.54, 1.807) is 30.3 Å². The van der Waals surface area contributed by atoms with E-state index >= 15 is 0 Å². The highest BCUT2D eigenvalue weighted by molar-refractivity contribution is 5.94. The van der Waals surface area contributed by atoms with E-state index in [1.807, 2.05) is 0 Å². The van der Waals surface area contributed by atoms with E-state index in [4.69, 9.17) is 22.9 Å². The van der Waals surface area contributed by atoms with Gasteiger partial charge in [-0.1, -0.05) is 30.3 Å². The maximum Gasteiger partial charge on any atom is 0.326 e. The number of carboxylic acids is 1. The number of nitrogens with one attached hydrogen (secondary N) is 3. The van der Waals surface area contributed by atoms with Crippen molar-refractivity contribution in [2.75, 3.05) is 6.54 Å². The highest BCUT2D eigenvalue weighted by atomic mass is 16.4. The first-order valence-electron chi connectivity index (χ1n) is 11.7. The predicted octanol–water partition coefficient (Wildman–Crippen LogP) is -2.57. The summed E-state index contributed by atoms with van der Waals surface area (Å²) < 4.78 is 0. The van der Waals surface area contributed by atoms with E-state index in [1.165, 1.54) is 6.92 Å². The Bertz CT molecular complexity index is 965. The zero-order valence-electron chi connectivity index (χ0n) is 20.7. The molecule has 4 unspecified atom stereocenters. The van der Waals surface area contributed by atoms with Gasteiger partial charge < -0.3 is 44.0 Å². The summed E-state index contributed by atoms with van der Waals surface area (Å²) in [4.78, 5) is 64.9. The van der Waals surface area contributed by atoms with Crippen molar-refractivity contribution in [1.29, 1.82) is 0 Å². The Morgan fingerprint density at radius 1 is 0.865 bits per heavy atom. The molecule has 0 saturated carbocycles. The van der Waals surface area contributed by atoms with Gasteiger partial charge in [-0.05, 0) is 31.7 Å². The molecule has 0 saturated heterocycles. The number of carbonyl (C=O) groups excluding carboxylic acids is 4. The van der Waals surface area contributed by atoms with Gasteiger partial charge in [-0.3, -0.25) is 24.2 Å². The molecule has 12 N–H and O–H groups in total. The standard InChI is InChI=1S/C23H36N8O6/c1-13(24)19(33)31-17(12-14-6-3-2-4-7-14)21(35)29-15(8-5-11-28-23(26)27)20(34)30-16(22(36)37)9-10-18(25)32/h2-4,6-7,13,15-17H,5,8-12,24H2,1H3,(H2,25,32)(H,29,35)(H,30,34)(H,31,33)(H,36,37)(H4,26,27,28). The molecule has 0 fully saturated rings. The van der Waals surface area contributed by atoms with Crippen molar-refractivity contribution in [2.24, 2.45) is 27.9 Å². The second-order valence-electron chi connectivity index (χ2n) is 8.45. The van der Waals surface area contributed by atoms with Gasteiger partial charge in [0.25, 0.3) is 0 Å². The number of rotatable bonds is 16. The summed E-state index contributed by atoms with van der Waals surface area (Å²) in [5.41, 5.74) is 22.1. The molecule has 0 spiro atoms. The highest BCUT2D eigenvalue weighted by Gasteiger charge is 2.30. The quantitative estimate of drug-likeness (QED) is 0.0646. The number of guanidine groups is 1. The molecule has 14 heteroatoms. The molecule has 1 aromatic rings. The van der Waals surface area contributed by atoms with Crippen LogP contribution >= 0.6 is 0 Å². The Balaban J connectivity index is 3.09. The maximum atomic E-state index is 13.2. The van der Waals surface area contributed by atoms with Crippen molar-refractivity contribution in [3.63, 3.8) is 0 Å². The molecular weight excluding hydrogens is 484 g/mol. The largest absolute Gasteiger partial charge is 0.480 e. The average molecular weight is 521 g/mol. The molecule has 1 aromatic carbocycles. The van der Waals surface area contributed by atoms with Gasteiger partial charge in [-0.2, -0.15) is 0 Å². The third-order valence-corrected chi connectivity index (χ3v) is 5.20. The van der Waals surface area contributed by atoms with Crippen molar-refractivity contribution in [1.82, 2.24) is 16.0 Å². The summed E-state index contributed by atoms with van der Waals surface area (Å²) in [5.74, 6) is -4.29. The van der Waals surface area contributed by atoms with Crippen LogP contribution in [0.5, 0.6) is 0 Å². The molecular formula is C23H36N8O6. The maximum absolute atomic E-state index is 13.2. The van der Waals surface area contributed by atoms with Gasteiger partial charge in [0, 0.05) is 19.4 Å². The zero-order chi connectivity index (χ0) is 28.0. The number of benzene rings is 1. The van der Waals surface area contributed by atoms with Crippen molar-refractivity contribution in [3.8, 4) is 0 Å². The molecule has 14 nitrogen and oxygen atoms in total. The minimum absolute atomic E-state index is 0.0514. The van der Waals surface area contributed by atoms with Crippen molar-refractivity contribution >= 4 is 35.6 Å². The predicted molar refractivity (Wildman–Crippen MR) is 136 cm³/mol. The lowest BCUT2D eigenvalue weighted by atomic mass is 10.0. The fourth-order valence-corrected chi connectivity index (χ4v) is 3.22. The van der Waals surface area contributed by atoms with E-state index in [0.29, 0.717) is 0 Å². The Morgan fingerprint density at radius 3 is 1.97 bits per heavy atom. The van der Waals surface area contributed by atoms with Crippen molar-refractivity contribution < 1.29 is 29.1 Å². The first-order valence-corrected chi connectivity index (χ1v) is 11.7. The SMILES string of the molecule is CC(N)C(=O)NC(Cc1ccccc1)C(=O)NC(CCCN=C(N)N)C(=O)NC(CCC(N)=O)C(=O)O. The van der Waals surface area contributed by atoms with E-state index in [2.05, 4.69) is 20.9 Å². The minimum Gasteiger partial charge on any atom is -0.480 e. The fraction of sp³-hybridized carbons (Fsp3) is 0.478. The second-order valence-corrected chi connectivity index (χ2v) is 8.45. The normalized spacial score (nSPS) is 13.8. The molecule has 204 valence electrons. The number of nitrogens with zero attached hydrogens (tertiary/aromatic N) is 1. The number of aliphatic carboxylic acids is 1. The van der Waals surface area contributed by atoms with Gasteiger partial charge in [0.15, 0.2) is 5.96 Å². The van der Waals surface area contributed by atoms with Crippen LogP contribution in [0.2, 0.25) is 0 Å². The monoisotopic (exact) mass is 520 g/mol. The van der Waals surface area contributed by atoms with Gasteiger partial charge >= 0.3 is 5.97 Å². The lowest BCUT2D eigenvalue weighted by Gasteiger charge is -2.25. The zero-order valence-corrected chi connectivity index (χ0v) is 20.7. The third-order valence-electron chi connectivity index (χ3n) is 5.20. The van der Waals surface area contributed by atoms with E-state index < -0.39 is 53.8 Å². The number of hydrogen-bond donors (Lipinski definition) is 8. The first kappa shape index (κ1) is 30.8. The second kappa shape index (κ2) is 15.7. The Labute approximate surface area is 214 Å². The van der Waals surface area contributed by atoms with Crippen LogP contribution < -0.4 is 38.9 Å². The van der Waals surface area contributed by atoms with E-state index in [9.17, 15) is 29.1 Å². The van der Waals surface area contributed by atoms with Crippen molar-refractivity contribution in [2.45, 2.75) is 63.2 Å². The van der Waals surface area contributed by atoms with E-state index in [0.717, 1.165) is 5.56 Å². The number of amides is 4. The molecule has 0 heterocycles. The third kappa shape index (κ3) is 12.4.